The molecule has 0 aliphatic rings. The molecule has 0 aliphatic heterocycles. The van der Waals surface area contributed by atoms with Crippen LogP contribution >= 0.6 is 0 Å². The number of rotatable bonds is 5. The Morgan fingerprint density at radius 1 is 1.36 bits per heavy atom. The zero-order valence-corrected chi connectivity index (χ0v) is 7.78. The molecule has 0 rings (SSSR count). The van der Waals surface area contributed by atoms with Gasteiger partial charge in [-0.3, -0.25) is 4.79 Å². The lowest BCUT2D eigenvalue weighted by Crippen LogP contribution is -2.16. The minimum atomic E-state index is -3.09. The van der Waals surface area contributed by atoms with Gasteiger partial charge in [-0.2, -0.15) is 0 Å². The van der Waals surface area contributed by atoms with Crippen LogP contribution in [0.4, 0.5) is 0 Å². The molecular weight excluding hydrogens is 164 g/mol. The molecule has 0 aromatic carbocycles. The van der Waals surface area contributed by atoms with Crippen LogP contribution in [0.25, 0.3) is 0 Å². The van der Waals surface area contributed by atoms with Gasteiger partial charge in [0.05, 0.1) is 5.75 Å². The Hall–Kier alpha value is -0.380. The molecule has 0 bridgehead atoms. The number of Topliss-reactive ketones (excluding diaryl/α,β-unsaturated/α-hetero) is 1. The van der Waals surface area contributed by atoms with Crippen LogP contribution in [0.5, 0.6) is 0 Å². The lowest BCUT2D eigenvalue weighted by atomic mass is 10.4. The summed E-state index contributed by atoms with van der Waals surface area (Å²) in [6.45, 7) is 3.22. The van der Waals surface area contributed by atoms with Gasteiger partial charge in [0, 0.05) is 0 Å². The molecule has 0 saturated heterocycles. The highest BCUT2D eigenvalue weighted by Gasteiger charge is 2.11. The van der Waals surface area contributed by atoms with Gasteiger partial charge in [0.15, 0.2) is 9.84 Å². The van der Waals surface area contributed by atoms with Crippen LogP contribution in [-0.4, -0.2) is 25.7 Å². The van der Waals surface area contributed by atoms with E-state index in [1.807, 2.05) is 6.92 Å². The van der Waals surface area contributed by atoms with Crippen molar-refractivity contribution in [2.24, 2.45) is 0 Å². The Kier molecular flexibility index (Phi) is 4.33. The number of carbonyl (C=O) groups excluding carboxylic acids is 1. The van der Waals surface area contributed by atoms with E-state index in [-0.39, 0.29) is 17.3 Å². The van der Waals surface area contributed by atoms with Gasteiger partial charge in [-0.05, 0) is 13.3 Å². The molecule has 0 heterocycles. The molecule has 0 fully saturated rings. The van der Waals surface area contributed by atoms with Crippen molar-refractivity contribution in [3.05, 3.63) is 0 Å². The Labute approximate surface area is 67.7 Å². The molecule has 11 heavy (non-hydrogen) atoms. The summed E-state index contributed by atoms with van der Waals surface area (Å²) in [7, 11) is -3.09. The van der Waals surface area contributed by atoms with E-state index in [4.69, 9.17) is 0 Å². The van der Waals surface area contributed by atoms with E-state index >= 15 is 0 Å². The summed E-state index contributed by atoms with van der Waals surface area (Å²) in [5.74, 6) is -0.433. The lowest BCUT2D eigenvalue weighted by molar-refractivity contribution is -0.114. The van der Waals surface area contributed by atoms with E-state index in [9.17, 15) is 13.2 Å². The number of carbonyl (C=O) groups is 1. The zero-order valence-electron chi connectivity index (χ0n) is 6.96. The number of unbranched alkanes of at least 4 members (excludes halogenated alkanes) is 1. The number of sulfone groups is 1. The average Bonchev–Trinajstić information content (AvgIpc) is 1.81. The predicted molar refractivity (Wildman–Crippen MR) is 44.2 cm³/mol. The molecule has 4 heteroatoms. The molecule has 0 saturated carbocycles. The minimum absolute atomic E-state index is 0.142. The summed E-state index contributed by atoms with van der Waals surface area (Å²) in [5, 5.41) is 0. The zero-order chi connectivity index (χ0) is 8.91. The van der Waals surface area contributed by atoms with Crippen LogP contribution in [0.2, 0.25) is 0 Å². The molecule has 0 spiro atoms. The molecule has 0 aromatic rings. The van der Waals surface area contributed by atoms with Crippen LogP contribution in [0.3, 0.4) is 0 Å². The van der Waals surface area contributed by atoms with Crippen molar-refractivity contribution in [1.82, 2.24) is 0 Å². The molecule has 0 N–H and O–H groups in total. The van der Waals surface area contributed by atoms with Gasteiger partial charge in [0.2, 0.25) is 0 Å². The fourth-order valence-corrected chi connectivity index (χ4v) is 2.24. The molecule has 0 aliphatic carbocycles. The average molecular weight is 178 g/mol. The predicted octanol–water partition coefficient (Wildman–Crippen LogP) is 0.790. The SMILES string of the molecule is CCCCS(=O)(=O)CC(C)=O. The first-order chi connectivity index (χ1) is 4.98. The van der Waals surface area contributed by atoms with Crippen molar-refractivity contribution in [2.45, 2.75) is 26.7 Å². The first kappa shape index (κ1) is 10.6. The molecule has 0 aromatic heterocycles. The van der Waals surface area contributed by atoms with E-state index < -0.39 is 9.84 Å². The van der Waals surface area contributed by atoms with Gasteiger partial charge < -0.3 is 0 Å². The summed E-state index contributed by atoms with van der Waals surface area (Å²) in [6, 6.07) is 0. The van der Waals surface area contributed by atoms with Crippen molar-refractivity contribution in [3.63, 3.8) is 0 Å². The highest BCUT2D eigenvalue weighted by atomic mass is 32.2. The highest BCUT2D eigenvalue weighted by molar-refractivity contribution is 7.92. The fraction of sp³-hybridized carbons (Fsp3) is 0.857. The van der Waals surface area contributed by atoms with Gasteiger partial charge in [-0.1, -0.05) is 13.3 Å². The van der Waals surface area contributed by atoms with Crippen molar-refractivity contribution < 1.29 is 13.2 Å². The second kappa shape index (κ2) is 4.49. The highest BCUT2D eigenvalue weighted by Crippen LogP contribution is 1.96. The third-order valence-electron chi connectivity index (χ3n) is 1.23. The first-order valence-corrected chi connectivity index (χ1v) is 5.50. The van der Waals surface area contributed by atoms with Gasteiger partial charge in [-0.25, -0.2) is 8.42 Å². The monoisotopic (exact) mass is 178 g/mol. The molecule has 0 unspecified atom stereocenters. The Bertz CT molecular complexity index is 216. The lowest BCUT2D eigenvalue weighted by Gasteiger charge is -1.98. The van der Waals surface area contributed by atoms with Crippen LogP contribution in [-0.2, 0) is 14.6 Å². The van der Waals surface area contributed by atoms with E-state index in [2.05, 4.69) is 0 Å². The standard InChI is InChI=1S/C7H14O3S/c1-3-4-5-11(9,10)6-7(2)8/h3-6H2,1-2H3. The minimum Gasteiger partial charge on any atom is -0.299 e. The Morgan fingerprint density at radius 3 is 2.27 bits per heavy atom. The van der Waals surface area contributed by atoms with Crippen molar-refractivity contribution in [2.75, 3.05) is 11.5 Å². The maximum atomic E-state index is 11.0. The van der Waals surface area contributed by atoms with Crippen LogP contribution in [0, 0.1) is 0 Å². The van der Waals surface area contributed by atoms with E-state index in [0.717, 1.165) is 6.42 Å². The van der Waals surface area contributed by atoms with Crippen molar-refractivity contribution >= 4 is 15.6 Å². The largest absolute Gasteiger partial charge is 0.299 e. The summed E-state index contributed by atoms with van der Waals surface area (Å²) >= 11 is 0. The van der Waals surface area contributed by atoms with Gasteiger partial charge >= 0.3 is 0 Å². The summed E-state index contributed by atoms with van der Waals surface area (Å²) < 4.78 is 22.0. The van der Waals surface area contributed by atoms with Crippen molar-refractivity contribution in [1.29, 1.82) is 0 Å². The Balaban J connectivity index is 3.92. The number of ketones is 1. The molecule has 66 valence electrons. The molecule has 0 atom stereocenters. The summed E-state index contributed by atoms with van der Waals surface area (Å²) in [6.07, 6.45) is 1.49. The summed E-state index contributed by atoms with van der Waals surface area (Å²) in [4.78, 5) is 10.4. The Morgan fingerprint density at radius 2 is 1.91 bits per heavy atom. The van der Waals surface area contributed by atoms with Crippen molar-refractivity contribution in [3.8, 4) is 0 Å². The first-order valence-electron chi connectivity index (χ1n) is 3.68. The second-order valence-corrected chi connectivity index (χ2v) is 4.83. The fourth-order valence-electron chi connectivity index (χ4n) is 0.746. The van der Waals surface area contributed by atoms with Gasteiger partial charge in [-0.15, -0.1) is 0 Å². The number of hydrogen-bond donors (Lipinski definition) is 0. The topological polar surface area (TPSA) is 51.2 Å². The van der Waals surface area contributed by atoms with E-state index in [1.165, 1.54) is 6.92 Å². The van der Waals surface area contributed by atoms with Crippen LogP contribution in [0.1, 0.15) is 26.7 Å². The maximum absolute atomic E-state index is 11.0. The maximum Gasteiger partial charge on any atom is 0.157 e. The van der Waals surface area contributed by atoms with E-state index in [1.54, 1.807) is 0 Å². The molecule has 0 amide bonds. The molecular formula is C7H14O3S. The second-order valence-electron chi connectivity index (χ2n) is 2.65. The quantitative estimate of drug-likeness (QED) is 0.625. The molecule has 0 radical (unpaired) electrons. The smallest absolute Gasteiger partial charge is 0.157 e. The summed E-state index contributed by atoms with van der Waals surface area (Å²) in [5.41, 5.74) is 0. The van der Waals surface area contributed by atoms with Gasteiger partial charge in [0.1, 0.15) is 11.5 Å². The normalized spacial score (nSPS) is 11.5. The number of hydrogen-bond acceptors (Lipinski definition) is 3. The van der Waals surface area contributed by atoms with Gasteiger partial charge in [0.25, 0.3) is 0 Å². The van der Waals surface area contributed by atoms with Crippen LogP contribution in [0.15, 0.2) is 0 Å². The van der Waals surface area contributed by atoms with E-state index in [0.29, 0.717) is 6.42 Å². The van der Waals surface area contributed by atoms with Crippen LogP contribution < -0.4 is 0 Å². The third kappa shape index (κ3) is 6.04. The molecule has 3 nitrogen and oxygen atoms in total. The third-order valence-corrected chi connectivity index (χ3v) is 2.99.